The molecule has 1 aromatic rings. The molecule has 1 aliphatic rings. The quantitative estimate of drug-likeness (QED) is 0.865. The van der Waals surface area contributed by atoms with Gasteiger partial charge in [0.15, 0.2) is 0 Å². The predicted molar refractivity (Wildman–Crippen MR) is 76.6 cm³/mol. The van der Waals surface area contributed by atoms with Crippen LogP contribution in [0.1, 0.15) is 43.7 Å². The van der Waals surface area contributed by atoms with Crippen LogP contribution in [0.4, 0.5) is 13.2 Å². The maximum absolute atomic E-state index is 12.8. The van der Waals surface area contributed by atoms with Gasteiger partial charge in [0.25, 0.3) is 0 Å². The summed E-state index contributed by atoms with van der Waals surface area (Å²) < 4.78 is 38.5. The van der Waals surface area contributed by atoms with Crippen LogP contribution >= 0.6 is 11.8 Å². The zero-order valence-electron chi connectivity index (χ0n) is 11.5. The number of hydrogen-bond acceptors (Lipinski definition) is 2. The number of halogens is 3. The third-order valence-electron chi connectivity index (χ3n) is 3.93. The van der Waals surface area contributed by atoms with Gasteiger partial charge in [-0.3, -0.25) is 0 Å². The summed E-state index contributed by atoms with van der Waals surface area (Å²) in [4.78, 5) is 0.695. The molecule has 5 heteroatoms. The van der Waals surface area contributed by atoms with Crippen LogP contribution in [0.3, 0.4) is 0 Å². The summed E-state index contributed by atoms with van der Waals surface area (Å²) in [6, 6.07) is 3.89. The smallest absolute Gasteiger partial charge is 0.326 e. The summed E-state index contributed by atoms with van der Waals surface area (Å²) in [6.07, 6.45) is 0.338. The third-order valence-corrected chi connectivity index (χ3v) is 5.56. The molecule has 0 aromatic heterocycles. The van der Waals surface area contributed by atoms with Crippen LogP contribution in [0.2, 0.25) is 0 Å². The largest absolute Gasteiger partial charge is 0.416 e. The minimum absolute atomic E-state index is 0.279. The molecular formula is C15H20F3NS. The van der Waals surface area contributed by atoms with Crippen molar-refractivity contribution in [2.24, 2.45) is 11.7 Å². The summed E-state index contributed by atoms with van der Waals surface area (Å²) in [5.41, 5.74) is 5.88. The van der Waals surface area contributed by atoms with E-state index in [9.17, 15) is 13.2 Å². The molecule has 1 nitrogen and oxygen atoms in total. The van der Waals surface area contributed by atoms with Gasteiger partial charge in [0.1, 0.15) is 0 Å². The van der Waals surface area contributed by atoms with Crippen molar-refractivity contribution >= 4 is 11.8 Å². The molecule has 2 rings (SSSR count). The fourth-order valence-corrected chi connectivity index (χ4v) is 4.11. The first-order valence-corrected chi connectivity index (χ1v) is 7.86. The Hall–Kier alpha value is -0.680. The fourth-order valence-electron chi connectivity index (χ4n) is 2.63. The average molecular weight is 303 g/mol. The van der Waals surface area contributed by atoms with E-state index in [0.717, 1.165) is 24.5 Å². The van der Waals surface area contributed by atoms with E-state index in [1.807, 2.05) is 0 Å². The molecular weight excluding hydrogens is 283 g/mol. The first-order chi connectivity index (χ1) is 9.41. The Kier molecular flexibility index (Phi) is 5.02. The van der Waals surface area contributed by atoms with Crippen molar-refractivity contribution in [3.05, 3.63) is 29.3 Å². The van der Waals surface area contributed by atoms with Crippen molar-refractivity contribution < 1.29 is 13.2 Å². The number of hydrogen-bond donors (Lipinski definition) is 1. The molecule has 0 radical (unpaired) electrons. The molecule has 0 spiro atoms. The topological polar surface area (TPSA) is 26.0 Å². The van der Waals surface area contributed by atoms with Crippen LogP contribution in [-0.4, -0.2) is 5.25 Å². The van der Waals surface area contributed by atoms with E-state index in [2.05, 4.69) is 6.92 Å². The molecule has 0 heterocycles. The van der Waals surface area contributed by atoms with E-state index in [0.29, 0.717) is 16.1 Å². The van der Waals surface area contributed by atoms with Crippen LogP contribution in [-0.2, 0) is 12.7 Å². The normalized spacial score (nSPS) is 23.9. The second-order valence-electron chi connectivity index (χ2n) is 5.44. The van der Waals surface area contributed by atoms with Gasteiger partial charge < -0.3 is 5.73 Å². The molecule has 0 amide bonds. The standard InChI is InChI=1S/C15H20F3NS/c1-10-4-2-3-5-13(10)20-14-8-12(15(16,17)18)7-6-11(14)9-19/h6-8,10,13H,2-5,9,19H2,1H3. The van der Waals surface area contributed by atoms with Gasteiger partial charge in [-0.1, -0.05) is 25.8 Å². The van der Waals surface area contributed by atoms with Gasteiger partial charge in [0.2, 0.25) is 0 Å². The van der Waals surface area contributed by atoms with Gasteiger partial charge in [-0.25, -0.2) is 0 Å². The molecule has 2 atom stereocenters. The second kappa shape index (κ2) is 6.39. The van der Waals surface area contributed by atoms with Crippen molar-refractivity contribution in [3.8, 4) is 0 Å². The number of rotatable bonds is 3. The van der Waals surface area contributed by atoms with Crippen LogP contribution in [0.5, 0.6) is 0 Å². The molecule has 0 bridgehead atoms. The molecule has 1 aromatic carbocycles. The summed E-state index contributed by atoms with van der Waals surface area (Å²) in [7, 11) is 0. The summed E-state index contributed by atoms with van der Waals surface area (Å²) >= 11 is 1.57. The maximum atomic E-state index is 12.8. The Labute approximate surface area is 122 Å². The van der Waals surface area contributed by atoms with Crippen LogP contribution < -0.4 is 5.73 Å². The zero-order chi connectivity index (χ0) is 14.8. The fraction of sp³-hybridized carbons (Fsp3) is 0.600. The molecule has 112 valence electrons. The van der Waals surface area contributed by atoms with Gasteiger partial charge in [0, 0.05) is 16.7 Å². The number of nitrogens with two attached hydrogens (primary N) is 1. The van der Waals surface area contributed by atoms with Crippen molar-refractivity contribution in [2.75, 3.05) is 0 Å². The Morgan fingerprint density at radius 2 is 1.95 bits per heavy atom. The number of alkyl halides is 3. The van der Waals surface area contributed by atoms with Crippen LogP contribution in [0.15, 0.2) is 23.1 Å². The van der Waals surface area contributed by atoms with Gasteiger partial charge in [-0.2, -0.15) is 13.2 Å². The Balaban J connectivity index is 2.24. The zero-order valence-corrected chi connectivity index (χ0v) is 12.4. The molecule has 2 N–H and O–H groups in total. The second-order valence-corrected chi connectivity index (χ2v) is 6.72. The van der Waals surface area contributed by atoms with Crippen molar-refractivity contribution in [3.63, 3.8) is 0 Å². The van der Waals surface area contributed by atoms with E-state index >= 15 is 0 Å². The Bertz CT molecular complexity index is 459. The Morgan fingerprint density at radius 1 is 1.25 bits per heavy atom. The molecule has 0 aliphatic heterocycles. The highest BCUT2D eigenvalue weighted by Crippen LogP contribution is 2.40. The van der Waals surface area contributed by atoms with E-state index in [1.165, 1.54) is 25.0 Å². The third kappa shape index (κ3) is 3.70. The lowest BCUT2D eigenvalue weighted by Crippen LogP contribution is -2.19. The minimum Gasteiger partial charge on any atom is -0.326 e. The average Bonchev–Trinajstić information content (AvgIpc) is 2.40. The first kappa shape index (κ1) is 15.7. The monoisotopic (exact) mass is 303 g/mol. The lowest BCUT2D eigenvalue weighted by molar-refractivity contribution is -0.137. The molecule has 2 unspecified atom stereocenters. The summed E-state index contributed by atoms with van der Waals surface area (Å²) in [5.74, 6) is 0.550. The Morgan fingerprint density at radius 3 is 2.55 bits per heavy atom. The summed E-state index contributed by atoms with van der Waals surface area (Å²) in [5, 5.41) is 0.400. The minimum atomic E-state index is -4.29. The van der Waals surface area contributed by atoms with Crippen LogP contribution in [0, 0.1) is 5.92 Å². The molecule has 1 saturated carbocycles. The van der Waals surface area contributed by atoms with Gasteiger partial charge in [0.05, 0.1) is 5.56 Å². The highest BCUT2D eigenvalue weighted by molar-refractivity contribution is 8.00. The first-order valence-electron chi connectivity index (χ1n) is 6.98. The molecule has 1 aliphatic carbocycles. The van der Waals surface area contributed by atoms with Crippen LogP contribution in [0.25, 0.3) is 0 Å². The van der Waals surface area contributed by atoms with Gasteiger partial charge in [-0.05, 0) is 36.5 Å². The SMILES string of the molecule is CC1CCCCC1Sc1cc(C(F)(F)F)ccc1CN. The van der Waals surface area contributed by atoms with E-state index in [4.69, 9.17) is 5.73 Å². The number of thioether (sulfide) groups is 1. The van der Waals surface area contributed by atoms with Crippen molar-refractivity contribution in [1.29, 1.82) is 0 Å². The van der Waals surface area contributed by atoms with Gasteiger partial charge in [-0.15, -0.1) is 11.8 Å². The van der Waals surface area contributed by atoms with E-state index in [-0.39, 0.29) is 6.54 Å². The highest BCUT2D eigenvalue weighted by atomic mass is 32.2. The predicted octanol–water partition coefficient (Wildman–Crippen LogP) is 4.83. The maximum Gasteiger partial charge on any atom is 0.416 e. The molecule has 0 saturated heterocycles. The highest BCUT2D eigenvalue weighted by Gasteiger charge is 2.31. The van der Waals surface area contributed by atoms with Crippen molar-refractivity contribution in [2.45, 2.75) is 55.5 Å². The lowest BCUT2D eigenvalue weighted by atomic mass is 9.90. The van der Waals surface area contributed by atoms with Gasteiger partial charge >= 0.3 is 6.18 Å². The van der Waals surface area contributed by atoms with E-state index in [1.54, 1.807) is 11.8 Å². The lowest BCUT2D eigenvalue weighted by Gasteiger charge is -2.29. The van der Waals surface area contributed by atoms with Crippen molar-refractivity contribution in [1.82, 2.24) is 0 Å². The summed E-state index contributed by atoms with van der Waals surface area (Å²) in [6.45, 7) is 2.47. The molecule has 20 heavy (non-hydrogen) atoms. The molecule has 1 fully saturated rings. The van der Waals surface area contributed by atoms with E-state index < -0.39 is 11.7 Å². The number of benzene rings is 1.